The second kappa shape index (κ2) is 8.76. The molecule has 4 aromatic rings. The van der Waals surface area contributed by atoms with Crippen molar-refractivity contribution in [1.82, 2.24) is 10.3 Å². The van der Waals surface area contributed by atoms with Crippen molar-refractivity contribution in [2.75, 3.05) is 4.90 Å². The van der Waals surface area contributed by atoms with Gasteiger partial charge >= 0.3 is 0 Å². The third-order valence-corrected chi connectivity index (χ3v) is 6.59. The first kappa shape index (κ1) is 20.7. The summed E-state index contributed by atoms with van der Waals surface area (Å²) in [5, 5.41) is 4.51. The van der Waals surface area contributed by atoms with E-state index in [1.54, 1.807) is 41.1 Å². The Balaban J connectivity index is 1.54. The van der Waals surface area contributed by atoms with Crippen molar-refractivity contribution in [3.05, 3.63) is 108 Å². The van der Waals surface area contributed by atoms with Crippen LogP contribution in [0, 0.1) is 12.7 Å². The number of rotatable bonds is 5. The molecule has 2 aromatic carbocycles. The smallest absolute Gasteiger partial charge is 0.174 e. The lowest BCUT2D eigenvalue weighted by Gasteiger charge is -2.26. The Hall–Kier alpha value is -3.16. The topological polar surface area (TPSA) is 41.3 Å². The van der Waals surface area contributed by atoms with Gasteiger partial charge in [-0.05, 0) is 67.7 Å². The molecule has 1 saturated heterocycles. The molecule has 0 saturated carbocycles. The lowest BCUT2D eigenvalue weighted by molar-refractivity contribution is 0.382. The zero-order chi connectivity index (χ0) is 22.1. The van der Waals surface area contributed by atoms with Gasteiger partial charge in [-0.15, -0.1) is 0 Å². The lowest BCUT2D eigenvalue weighted by atomic mass is 10.0. The highest BCUT2D eigenvalue weighted by Gasteiger charge is 2.43. The van der Waals surface area contributed by atoms with Gasteiger partial charge in [-0.2, -0.15) is 0 Å². The number of pyridine rings is 1. The number of hydrogen-bond donors (Lipinski definition) is 1. The number of thiocarbonyl (C=S) groups is 1. The van der Waals surface area contributed by atoms with Crippen molar-refractivity contribution in [2.45, 2.75) is 29.0 Å². The van der Waals surface area contributed by atoms with Crippen LogP contribution in [0.25, 0.3) is 0 Å². The molecule has 2 aromatic heterocycles. The molecule has 0 radical (unpaired) electrons. The predicted molar refractivity (Wildman–Crippen MR) is 128 cm³/mol. The number of aromatic nitrogens is 1. The maximum Gasteiger partial charge on any atom is 0.174 e. The SMILES string of the molecule is Cc1ccc(Sc2ccc(C3C(c4ccccn4)NC(=S)N3c3ccccc3F)o2)cc1. The highest BCUT2D eigenvalue weighted by Crippen LogP contribution is 2.43. The number of anilines is 1. The van der Waals surface area contributed by atoms with Crippen molar-refractivity contribution < 1.29 is 8.81 Å². The van der Waals surface area contributed by atoms with Crippen molar-refractivity contribution in [2.24, 2.45) is 0 Å². The third kappa shape index (κ3) is 4.01. The molecule has 1 N–H and O–H groups in total. The molecule has 1 aliphatic heterocycles. The van der Waals surface area contributed by atoms with Gasteiger partial charge in [-0.1, -0.05) is 47.7 Å². The van der Waals surface area contributed by atoms with Crippen LogP contribution < -0.4 is 10.2 Å². The Kier molecular flexibility index (Phi) is 5.68. The minimum atomic E-state index is -0.387. The van der Waals surface area contributed by atoms with Crippen LogP contribution in [0.1, 0.15) is 29.1 Å². The fraction of sp³-hybridized carbons (Fsp3) is 0.120. The van der Waals surface area contributed by atoms with Crippen LogP contribution in [0.4, 0.5) is 10.1 Å². The number of hydrogen-bond acceptors (Lipinski definition) is 4. The summed E-state index contributed by atoms with van der Waals surface area (Å²) in [5.74, 6) is 0.343. The normalized spacial score (nSPS) is 18.1. The maximum atomic E-state index is 14.8. The second-order valence-electron chi connectivity index (χ2n) is 7.52. The van der Waals surface area contributed by atoms with E-state index in [1.165, 1.54) is 11.6 Å². The Bertz CT molecular complexity index is 1240. The first-order valence-corrected chi connectivity index (χ1v) is 11.4. The molecule has 2 unspecified atom stereocenters. The minimum Gasteiger partial charge on any atom is -0.452 e. The number of nitrogens with zero attached hydrogens (tertiary/aromatic N) is 2. The van der Waals surface area contributed by atoms with Crippen molar-refractivity contribution in [3.8, 4) is 0 Å². The highest BCUT2D eigenvalue weighted by atomic mass is 32.2. The van der Waals surface area contributed by atoms with Gasteiger partial charge in [0, 0.05) is 11.1 Å². The van der Waals surface area contributed by atoms with Crippen molar-refractivity contribution in [3.63, 3.8) is 0 Å². The summed E-state index contributed by atoms with van der Waals surface area (Å²) in [6.07, 6.45) is 1.74. The quantitative estimate of drug-likeness (QED) is 0.345. The van der Waals surface area contributed by atoms with Gasteiger partial charge in [0.1, 0.15) is 17.6 Å². The molecule has 2 atom stereocenters. The average molecular weight is 462 g/mol. The van der Waals surface area contributed by atoms with Gasteiger partial charge in [0.15, 0.2) is 10.2 Å². The van der Waals surface area contributed by atoms with Gasteiger partial charge in [0.25, 0.3) is 0 Å². The summed E-state index contributed by atoms with van der Waals surface area (Å²) >= 11 is 7.18. The van der Waals surface area contributed by atoms with Crippen LogP contribution in [0.15, 0.2) is 99.5 Å². The standard InChI is InChI=1S/C25H20FN3OS2/c1-16-9-11-17(12-10-16)32-22-14-13-21(30-22)24-23(19-7-4-5-15-27-19)28-25(31)29(24)20-8-3-2-6-18(20)26/h2-15,23-24H,1H3,(H,28,31). The van der Waals surface area contributed by atoms with E-state index < -0.39 is 0 Å². The number of furan rings is 1. The van der Waals surface area contributed by atoms with Crippen LogP contribution in [-0.2, 0) is 0 Å². The van der Waals surface area contributed by atoms with Gasteiger partial charge in [0.05, 0.1) is 17.4 Å². The minimum absolute atomic E-state index is 0.285. The number of aryl methyl sites for hydroxylation is 1. The number of nitrogens with one attached hydrogen (secondary N) is 1. The zero-order valence-electron chi connectivity index (χ0n) is 17.2. The van der Waals surface area contributed by atoms with E-state index in [9.17, 15) is 4.39 Å². The van der Waals surface area contributed by atoms with Gasteiger partial charge in [-0.25, -0.2) is 4.39 Å². The van der Waals surface area contributed by atoms with E-state index in [-0.39, 0.29) is 17.9 Å². The zero-order valence-corrected chi connectivity index (χ0v) is 18.9. The molecule has 5 rings (SSSR count). The molecule has 1 aliphatic rings. The number of benzene rings is 2. The summed E-state index contributed by atoms with van der Waals surface area (Å²) in [6.45, 7) is 2.06. The number of halogens is 1. The molecular weight excluding hydrogens is 441 g/mol. The van der Waals surface area contributed by atoms with E-state index >= 15 is 0 Å². The molecule has 0 amide bonds. The molecular formula is C25H20FN3OS2. The lowest BCUT2D eigenvalue weighted by Crippen LogP contribution is -2.30. The van der Waals surface area contributed by atoms with Crippen LogP contribution in [0.2, 0.25) is 0 Å². The van der Waals surface area contributed by atoms with Crippen LogP contribution >= 0.6 is 24.0 Å². The molecule has 0 bridgehead atoms. The Morgan fingerprint density at radius 1 is 1.00 bits per heavy atom. The van der Waals surface area contributed by atoms with Crippen LogP contribution in [0.5, 0.6) is 0 Å². The second-order valence-corrected chi connectivity index (χ2v) is 8.98. The first-order chi connectivity index (χ1) is 15.6. The van der Waals surface area contributed by atoms with Gasteiger partial charge in [0.2, 0.25) is 0 Å². The molecule has 0 aliphatic carbocycles. The Morgan fingerprint density at radius 2 is 1.78 bits per heavy atom. The largest absolute Gasteiger partial charge is 0.452 e. The van der Waals surface area contributed by atoms with E-state index in [4.69, 9.17) is 16.6 Å². The fourth-order valence-corrected chi connectivity index (χ4v) is 4.94. The number of para-hydroxylation sites is 1. The van der Waals surface area contributed by atoms with E-state index in [1.807, 2.05) is 30.3 Å². The first-order valence-electron chi connectivity index (χ1n) is 10.2. The highest BCUT2D eigenvalue weighted by molar-refractivity contribution is 7.99. The Labute approximate surface area is 195 Å². The van der Waals surface area contributed by atoms with E-state index in [0.717, 1.165) is 15.7 Å². The van der Waals surface area contributed by atoms with Crippen LogP contribution in [-0.4, -0.2) is 10.1 Å². The van der Waals surface area contributed by atoms with Crippen molar-refractivity contribution in [1.29, 1.82) is 0 Å². The van der Waals surface area contributed by atoms with E-state index in [0.29, 0.717) is 16.6 Å². The molecule has 4 nitrogen and oxygen atoms in total. The summed E-state index contributed by atoms with van der Waals surface area (Å²) in [6, 6.07) is 23.8. The summed E-state index contributed by atoms with van der Waals surface area (Å²) < 4.78 is 21.0. The van der Waals surface area contributed by atoms with Gasteiger partial charge < -0.3 is 14.6 Å². The molecule has 1 fully saturated rings. The molecule has 7 heteroatoms. The predicted octanol–water partition coefficient (Wildman–Crippen LogP) is 6.45. The monoisotopic (exact) mass is 461 g/mol. The Morgan fingerprint density at radius 3 is 2.53 bits per heavy atom. The maximum absolute atomic E-state index is 14.8. The summed E-state index contributed by atoms with van der Waals surface area (Å²) in [4.78, 5) is 7.38. The average Bonchev–Trinajstić information content (AvgIpc) is 3.40. The van der Waals surface area contributed by atoms with Crippen molar-refractivity contribution >= 4 is 34.8 Å². The van der Waals surface area contributed by atoms with E-state index in [2.05, 4.69) is 41.5 Å². The molecule has 32 heavy (non-hydrogen) atoms. The fourth-order valence-electron chi connectivity index (χ4n) is 3.82. The third-order valence-electron chi connectivity index (χ3n) is 5.34. The molecule has 160 valence electrons. The molecule has 0 spiro atoms. The summed E-state index contributed by atoms with van der Waals surface area (Å²) in [7, 11) is 0. The molecule has 3 heterocycles. The van der Waals surface area contributed by atoms with Crippen LogP contribution in [0.3, 0.4) is 0 Å². The van der Waals surface area contributed by atoms with Gasteiger partial charge in [-0.3, -0.25) is 4.98 Å². The summed E-state index contributed by atoms with van der Waals surface area (Å²) in [5.41, 5.74) is 2.42.